The highest BCUT2D eigenvalue weighted by Crippen LogP contribution is 2.42. The van der Waals surface area contributed by atoms with Gasteiger partial charge in [0.2, 0.25) is 5.60 Å². The molecule has 2 aliphatic rings. The van der Waals surface area contributed by atoms with Crippen LogP contribution in [0.3, 0.4) is 0 Å². The third-order valence-electron chi connectivity index (χ3n) is 6.28. The zero-order valence-corrected chi connectivity index (χ0v) is 22.7. The number of aliphatic hydroxyl groups excluding tert-OH is 1. The summed E-state index contributed by atoms with van der Waals surface area (Å²) in [5, 5.41) is 16.3. The normalized spacial score (nSPS) is 18.5. The molecule has 1 aromatic heterocycles. The molecule has 0 saturated heterocycles. The van der Waals surface area contributed by atoms with Gasteiger partial charge in [0.15, 0.2) is 4.90 Å². The van der Waals surface area contributed by atoms with E-state index in [-0.39, 0.29) is 41.1 Å². The molecule has 2 aliphatic heterocycles. The second kappa shape index (κ2) is 10.4. The predicted molar refractivity (Wildman–Crippen MR) is 134 cm³/mol. The highest BCUT2D eigenvalue weighted by atomic mass is 32.2. The number of aromatic nitrogens is 2. The second-order valence-corrected chi connectivity index (χ2v) is 11.9. The summed E-state index contributed by atoms with van der Waals surface area (Å²) in [6.07, 6.45) is -5.54. The van der Waals surface area contributed by atoms with Gasteiger partial charge in [-0.2, -0.15) is 13.2 Å². The van der Waals surface area contributed by atoms with Crippen molar-refractivity contribution in [2.75, 3.05) is 22.8 Å². The molecule has 0 saturated carbocycles. The summed E-state index contributed by atoms with van der Waals surface area (Å²) in [7, 11) is -4.31. The van der Waals surface area contributed by atoms with E-state index in [4.69, 9.17) is 9.47 Å². The minimum absolute atomic E-state index is 0.00214. The van der Waals surface area contributed by atoms with E-state index in [1.807, 2.05) is 0 Å². The number of ether oxygens (including phenoxy) is 3. The molecule has 2 aromatic rings. The minimum Gasteiger partial charge on any atom is -0.487 e. The van der Waals surface area contributed by atoms with Gasteiger partial charge in [-0.1, -0.05) is 0 Å². The van der Waals surface area contributed by atoms with Crippen molar-refractivity contribution in [2.24, 2.45) is 0 Å². The molecule has 11 nitrogen and oxygen atoms in total. The largest absolute Gasteiger partial charge is 0.487 e. The Kier molecular flexibility index (Phi) is 7.69. The average molecular weight is 577 g/mol. The Hall–Kier alpha value is -3.20. The number of hydrogen-bond acceptors (Lipinski definition) is 8. The first-order valence-corrected chi connectivity index (χ1v) is 13.8. The summed E-state index contributed by atoms with van der Waals surface area (Å²) < 4.78 is 86.4. The summed E-state index contributed by atoms with van der Waals surface area (Å²) in [6.45, 7) is 4.87. The van der Waals surface area contributed by atoms with Crippen molar-refractivity contribution in [3.05, 3.63) is 23.9 Å². The fraction of sp³-hybridized carbons (Fsp3) is 0.583. The number of fused-ring (bicyclic) bond motifs is 2. The van der Waals surface area contributed by atoms with Gasteiger partial charge >= 0.3 is 12.3 Å². The molecule has 1 aromatic carbocycles. The molecular weight excluding hydrogens is 545 g/mol. The quantitative estimate of drug-likeness (QED) is 0.508. The molecule has 2 N–H and O–H groups in total. The Morgan fingerprint density at radius 2 is 2.03 bits per heavy atom. The van der Waals surface area contributed by atoms with Crippen molar-refractivity contribution in [2.45, 2.75) is 82.4 Å². The zero-order chi connectivity index (χ0) is 28.8. The minimum atomic E-state index is -4.80. The Morgan fingerprint density at radius 3 is 2.69 bits per heavy atom. The molecule has 0 bridgehead atoms. The van der Waals surface area contributed by atoms with Crippen molar-refractivity contribution < 1.29 is 45.7 Å². The molecule has 1 amide bonds. The molecule has 216 valence electrons. The number of halogens is 3. The predicted octanol–water partition coefficient (Wildman–Crippen LogP) is 3.84. The maximum atomic E-state index is 14.2. The number of alkyl halides is 3. The number of amides is 1. The molecule has 4 rings (SSSR count). The first-order chi connectivity index (χ1) is 18.1. The van der Waals surface area contributed by atoms with Crippen LogP contribution in [0.5, 0.6) is 11.6 Å². The van der Waals surface area contributed by atoms with Crippen molar-refractivity contribution in [1.29, 1.82) is 0 Å². The van der Waals surface area contributed by atoms with Crippen molar-refractivity contribution >= 4 is 27.5 Å². The standard InChI is InChI=1S/C24H31F3N4O7S/c1-14(32)13-36-21-20(17-7-5-6-10-30(17)29-21)39(34,35)31-12-15(2)37-19-9-8-16(11-18(19)31)28-22(33)38-23(3,4)24(25,26)27/h8-9,11,14-15,32H,5-7,10,12-13H2,1-4H3,(H,28,33)/t14-,15+/m1/s1. The molecule has 0 spiro atoms. The van der Waals surface area contributed by atoms with Crippen LogP contribution >= 0.6 is 0 Å². The van der Waals surface area contributed by atoms with Crippen molar-refractivity contribution in [3.63, 3.8) is 0 Å². The number of aryl methyl sites for hydroxylation is 1. The van der Waals surface area contributed by atoms with Gasteiger partial charge in [0.25, 0.3) is 15.9 Å². The van der Waals surface area contributed by atoms with Crippen LogP contribution in [0.25, 0.3) is 0 Å². The van der Waals surface area contributed by atoms with E-state index in [9.17, 15) is 31.5 Å². The van der Waals surface area contributed by atoms with E-state index in [2.05, 4.69) is 15.2 Å². The van der Waals surface area contributed by atoms with Crippen LogP contribution in [0.15, 0.2) is 23.1 Å². The second-order valence-electron chi connectivity index (χ2n) is 10.1. The molecule has 0 fully saturated rings. The van der Waals surface area contributed by atoms with Gasteiger partial charge in [-0.05, 0) is 65.2 Å². The smallest absolute Gasteiger partial charge is 0.427 e. The molecule has 0 unspecified atom stereocenters. The molecular formula is C24H31F3N4O7S. The van der Waals surface area contributed by atoms with Gasteiger partial charge in [0.1, 0.15) is 18.5 Å². The number of sulfonamides is 1. The van der Waals surface area contributed by atoms with Gasteiger partial charge in [-0.3, -0.25) is 14.3 Å². The number of rotatable bonds is 7. The van der Waals surface area contributed by atoms with E-state index < -0.39 is 40.1 Å². The first-order valence-electron chi connectivity index (χ1n) is 12.4. The fourth-order valence-electron chi connectivity index (χ4n) is 4.24. The van der Waals surface area contributed by atoms with E-state index in [0.717, 1.165) is 17.1 Å². The lowest BCUT2D eigenvalue weighted by atomic mass is 10.1. The first kappa shape index (κ1) is 28.8. The summed E-state index contributed by atoms with van der Waals surface area (Å²) in [5.74, 6) is 0.0695. The van der Waals surface area contributed by atoms with Gasteiger partial charge in [0, 0.05) is 12.2 Å². The Bertz CT molecular complexity index is 1340. The number of nitrogens with one attached hydrogen (secondary N) is 1. The lowest BCUT2D eigenvalue weighted by Gasteiger charge is -2.34. The summed E-state index contributed by atoms with van der Waals surface area (Å²) in [5.41, 5.74) is -2.20. The van der Waals surface area contributed by atoms with Crippen LogP contribution < -0.4 is 19.1 Å². The van der Waals surface area contributed by atoms with Crippen LogP contribution in [0.4, 0.5) is 29.3 Å². The molecule has 3 heterocycles. The highest BCUT2D eigenvalue weighted by molar-refractivity contribution is 7.93. The Labute approximate surface area is 223 Å². The highest BCUT2D eigenvalue weighted by Gasteiger charge is 2.51. The number of carbonyl (C=O) groups is 1. The van der Waals surface area contributed by atoms with Crippen LogP contribution in [0.1, 0.15) is 46.2 Å². The van der Waals surface area contributed by atoms with Gasteiger partial charge in [-0.15, -0.1) is 5.10 Å². The molecule has 0 radical (unpaired) electrons. The van der Waals surface area contributed by atoms with Gasteiger partial charge in [0.05, 0.1) is 24.0 Å². The lowest BCUT2D eigenvalue weighted by molar-refractivity contribution is -0.242. The summed E-state index contributed by atoms with van der Waals surface area (Å²) >= 11 is 0. The number of carbonyl (C=O) groups excluding carboxylic acids is 1. The number of hydrogen-bond donors (Lipinski definition) is 2. The molecule has 15 heteroatoms. The molecule has 0 aliphatic carbocycles. The number of anilines is 2. The monoisotopic (exact) mass is 576 g/mol. The van der Waals surface area contributed by atoms with Crippen molar-refractivity contribution in [3.8, 4) is 11.6 Å². The van der Waals surface area contributed by atoms with E-state index in [1.54, 1.807) is 11.6 Å². The van der Waals surface area contributed by atoms with Crippen LogP contribution in [0, 0.1) is 0 Å². The van der Waals surface area contributed by atoms with Crippen LogP contribution in [-0.2, 0) is 27.7 Å². The van der Waals surface area contributed by atoms with Gasteiger partial charge in [-0.25, -0.2) is 13.2 Å². The molecule has 2 atom stereocenters. The average Bonchev–Trinajstić information content (AvgIpc) is 3.20. The van der Waals surface area contributed by atoms with E-state index in [0.29, 0.717) is 32.5 Å². The van der Waals surface area contributed by atoms with E-state index in [1.165, 1.54) is 25.1 Å². The maximum Gasteiger partial charge on any atom is 0.427 e. The number of nitrogens with zero attached hydrogens (tertiary/aromatic N) is 3. The Morgan fingerprint density at radius 1 is 1.31 bits per heavy atom. The number of benzene rings is 1. The van der Waals surface area contributed by atoms with Crippen LogP contribution in [-0.4, -0.2) is 66.5 Å². The third-order valence-corrected chi connectivity index (χ3v) is 8.13. The van der Waals surface area contributed by atoms with Crippen molar-refractivity contribution in [1.82, 2.24) is 9.78 Å². The summed E-state index contributed by atoms with van der Waals surface area (Å²) in [6, 6.07) is 4.06. The maximum absolute atomic E-state index is 14.2. The Balaban J connectivity index is 1.70. The SMILES string of the molecule is C[C@@H](O)COc1nn2c(c1S(=O)(=O)N1C[C@H](C)Oc3ccc(NC(=O)OC(C)(C)C(F)(F)F)cc31)CCCC2. The van der Waals surface area contributed by atoms with E-state index >= 15 is 0 Å². The van der Waals surface area contributed by atoms with Crippen LogP contribution in [0.2, 0.25) is 0 Å². The lowest BCUT2D eigenvalue weighted by Crippen LogP contribution is -2.44. The number of aliphatic hydroxyl groups is 1. The topological polar surface area (TPSA) is 132 Å². The summed E-state index contributed by atoms with van der Waals surface area (Å²) in [4.78, 5) is 12.1. The fourth-order valence-corrected chi connectivity index (χ4v) is 6.09. The zero-order valence-electron chi connectivity index (χ0n) is 21.9. The third kappa shape index (κ3) is 5.88. The van der Waals surface area contributed by atoms with Gasteiger partial charge < -0.3 is 19.3 Å². The molecule has 39 heavy (non-hydrogen) atoms.